The molecule has 1 N–H and O–H groups in total. The predicted octanol–water partition coefficient (Wildman–Crippen LogP) is 5.20. The van der Waals surface area contributed by atoms with E-state index in [2.05, 4.69) is 10.4 Å². The number of nitrogens with zero attached hydrogens (tertiary/aromatic N) is 2. The number of benzene rings is 2. The van der Waals surface area contributed by atoms with Crippen LogP contribution in [0.1, 0.15) is 27.3 Å². The lowest BCUT2D eigenvalue weighted by molar-refractivity contribution is -0.119. The fourth-order valence-corrected chi connectivity index (χ4v) is 3.48. The third kappa shape index (κ3) is 5.91. The van der Waals surface area contributed by atoms with Crippen LogP contribution in [0.4, 0.5) is 18.9 Å². The van der Waals surface area contributed by atoms with Gasteiger partial charge in [-0.05, 0) is 68.9 Å². The van der Waals surface area contributed by atoms with Gasteiger partial charge < -0.3 is 10.1 Å². The fourth-order valence-electron chi connectivity index (χ4n) is 2.94. The van der Waals surface area contributed by atoms with Crippen molar-refractivity contribution in [1.29, 1.82) is 0 Å². The van der Waals surface area contributed by atoms with Crippen molar-refractivity contribution in [2.75, 3.05) is 11.9 Å². The molecule has 0 aliphatic heterocycles. The second kappa shape index (κ2) is 9.47. The van der Waals surface area contributed by atoms with E-state index in [1.807, 2.05) is 38.1 Å². The molecule has 2 aromatic carbocycles. The van der Waals surface area contributed by atoms with Crippen LogP contribution in [0.2, 0.25) is 0 Å². The summed E-state index contributed by atoms with van der Waals surface area (Å²) in [5, 5.41) is 7.15. The predicted molar refractivity (Wildman–Crippen MR) is 115 cm³/mol. The lowest BCUT2D eigenvalue weighted by Gasteiger charge is -2.09. The number of hydrogen-bond acceptors (Lipinski definition) is 5. The number of carbonyl (C=O) groups is 2. The summed E-state index contributed by atoms with van der Waals surface area (Å²) < 4.78 is 43.8. The molecular weight excluding hydrogens is 443 g/mol. The first-order valence-corrected chi connectivity index (χ1v) is 10.3. The Morgan fingerprint density at radius 3 is 2.25 bits per heavy atom. The lowest BCUT2D eigenvalue weighted by atomic mass is 10.2. The summed E-state index contributed by atoms with van der Waals surface area (Å²) >= 11 is -0.280. The molecule has 0 unspecified atom stereocenters. The zero-order chi connectivity index (χ0) is 23.5. The summed E-state index contributed by atoms with van der Waals surface area (Å²) in [5.74, 6) is -1.37. The van der Waals surface area contributed by atoms with Crippen molar-refractivity contribution >= 4 is 29.3 Å². The molecule has 1 aromatic heterocycles. The number of aryl methyl sites for hydroxylation is 2. The first-order chi connectivity index (χ1) is 15.0. The number of esters is 1. The summed E-state index contributed by atoms with van der Waals surface area (Å²) in [5.41, 5.74) is -0.591. The highest BCUT2D eigenvalue weighted by molar-refractivity contribution is 8.00. The molecule has 0 spiro atoms. The van der Waals surface area contributed by atoms with E-state index in [0.717, 1.165) is 11.3 Å². The van der Waals surface area contributed by atoms with Gasteiger partial charge in [0, 0.05) is 4.90 Å². The zero-order valence-corrected chi connectivity index (χ0v) is 18.3. The molecular formula is C22H20F3N3O3S. The van der Waals surface area contributed by atoms with Crippen LogP contribution >= 0.6 is 11.8 Å². The summed E-state index contributed by atoms with van der Waals surface area (Å²) in [7, 11) is 0. The molecule has 0 saturated heterocycles. The molecule has 6 nitrogen and oxygen atoms in total. The molecule has 1 amide bonds. The first kappa shape index (κ1) is 23.4. The third-order valence-corrected chi connectivity index (χ3v) is 5.23. The van der Waals surface area contributed by atoms with Gasteiger partial charge in [-0.15, -0.1) is 0 Å². The highest BCUT2D eigenvalue weighted by Crippen LogP contribution is 2.36. The van der Waals surface area contributed by atoms with Gasteiger partial charge in [0.2, 0.25) is 0 Å². The van der Waals surface area contributed by atoms with E-state index in [-0.39, 0.29) is 22.2 Å². The molecule has 0 bridgehead atoms. The maximum atomic E-state index is 12.4. The molecule has 0 fully saturated rings. The van der Waals surface area contributed by atoms with Gasteiger partial charge in [-0.3, -0.25) is 4.79 Å². The molecule has 0 aliphatic rings. The number of carbonyl (C=O) groups excluding carboxylic acids is 2. The number of anilines is 1. The minimum absolute atomic E-state index is 0.0453. The Balaban J connectivity index is 1.60. The summed E-state index contributed by atoms with van der Waals surface area (Å²) in [6.45, 7) is 4.99. The Morgan fingerprint density at radius 1 is 1.03 bits per heavy atom. The topological polar surface area (TPSA) is 73.2 Å². The largest absolute Gasteiger partial charge is 0.452 e. The summed E-state index contributed by atoms with van der Waals surface area (Å²) in [4.78, 5) is 24.3. The highest BCUT2D eigenvalue weighted by Gasteiger charge is 2.29. The molecule has 168 valence electrons. The molecule has 0 radical (unpaired) electrons. The molecule has 3 aromatic rings. The Morgan fingerprint density at radius 2 is 1.66 bits per heavy atom. The number of nitrogens with one attached hydrogen (secondary N) is 1. The van der Waals surface area contributed by atoms with Crippen molar-refractivity contribution in [3.63, 3.8) is 0 Å². The number of aromatic nitrogens is 2. The van der Waals surface area contributed by atoms with Gasteiger partial charge in [0.05, 0.1) is 28.3 Å². The molecule has 10 heteroatoms. The number of halogens is 3. The van der Waals surface area contributed by atoms with Gasteiger partial charge in [-0.25, -0.2) is 9.48 Å². The van der Waals surface area contributed by atoms with Crippen LogP contribution in [0, 0.1) is 20.8 Å². The second-order valence-corrected chi connectivity index (χ2v) is 8.13. The quantitative estimate of drug-likeness (QED) is 0.402. The molecule has 3 rings (SSSR count). The number of alkyl halides is 3. The Kier molecular flexibility index (Phi) is 6.93. The first-order valence-electron chi connectivity index (χ1n) is 9.49. The van der Waals surface area contributed by atoms with Crippen molar-refractivity contribution in [2.45, 2.75) is 31.2 Å². The van der Waals surface area contributed by atoms with Gasteiger partial charge in [-0.2, -0.15) is 18.3 Å². The smallest absolute Gasteiger partial charge is 0.446 e. The normalized spacial score (nSPS) is 11.3. The molecule has 1 heterocycles. The van der Waals surface area contributed by atoms with E-state index in [1.165, 1.54) is 24.3 Å². The van der Waals surface area contributed by atoms with E-state index >= 15 is 0 Å². The summed E-state index contributed by atoms with van der Waals surface area (Å²) in [6, 6.07) is 12.5. The Hall–Kier alpha value is -3.27. The van der Waals surface area contributed by atoms with Gasteiger partial charge in [0.1, 0.15) is 0 Å². The van der Waals surface area contributed by atoms with Crippen molar-refractivity contribution in [3.8, 4) is 5.69 Å². The monoisotopic (exact) mass is 463 g/mol. The minimum atomic E-state index is -4.41. The zero-order valence-electron chi connectivity index (χ0n) is 17.5. The number of thioether (sulfide) groups is 1. The fraction of sp³-hybridized carbons (Fsp3) is 0.227. The number of ether oxygens (including phenoxy) is 1. The minimum Gasteiger partial charge on any atom is -0.452 e. The highest BCUT2D eigenvalue weighted by atomic mass is 32.2. The second-order valence-electron chi connectivity index (χ2n) is 6.99. The van der Waals surface area contributed by atoms with Crippen LogP contribution in [0.15, 0.2) is 53.4 Å². The van der Waals surface area contributed by atoms with Crippen LogP contribution in [0.5, 0.6) is 0 Å². The van der Waals surface area contributed by atoms with Crippen molar-refractivity contribution < 1.29 is 27.5 Å². The van der Waals surface area contributed by atoms with Crippen molar-refractivity contribution in [3.05, 3.63) is 71.0 Å². The summed E-state index contributed by atoms with van der Waals surface area (Å²) in [6.07, 6.45) is 0. The van der Waals surface area contributed by atoms with E-state index < -0.39 is 24.0 Å². The average Bonchev–Trinajstić information content (AvgIpc) is 3.00. The molecule has 0 atom stereocenters. The van der Waals surface area contributed by atoms with Gasteiger partial charge in [0.25, 0.3) is 5.91 Å². The van der Waals surface area contributed by atoms with Gasteiger partial charge >= 0.3 is 11.5 Å². The van der Waals surface area contributed by atoms with Gasteiger partial charge in [0.15, 0.2) is 6.61 Å². The molecule has 0 saturated carbocycles. The standard InChI is InChI=1S/C22H20F3N3O3S/c1-13-4-8-17(9-5-13)28-15(3)20(14(2)27-28)26-19(29)12-31-21(30)16-6-10-18(11-7-16)32-22(23,24)25/h4-11H,12H2,1-3H3,(H,26,29). The van der Waals surface area contributed by atoms with Crippen LogP contribution in [-0.2, 0) is 9.53 Å². The SMILES string of the molecule is Cc1ccc(-n2nc(C)c(NC(=O)COC(=O)c3ccc(SC(F)(F)F)cc3)c2C)cc1. The molecule has 32 heavy (non-hydrogen) atoms. The number of amides is 1. The van der Waals surface area contributed by atoms with Crippen LogP contribution in [-0.4, -0.2) is 33.8 Å². The third-order valence-electron chi connectivity index (χ3n) is 4.49. The Labute approximate surface area is 186 Å². The van der Waals surface area contributed by atoms with Crippen LogP contribution < -0.4 is 5.32 Å². The van der Waals surface area contributed by atoms with Crippen LogP contribution in [0.25, 0.3) is 5.69 Å². The number of hydrogen-bond donors (Lipinski definition) is 1. The van der Waals surface area contributed by atoms with E-state index in [4.69, 9.17) is 4.74 Å². The maximum absolute atomic E-state index is 12.4. The van der Waals surface area contributed by atoms with Crippen LogP contribution in [0.3, 0.4) is 0 Å². The molecule has 0 aliphatic carbocycles. The van der Waals surface area contributed by atoms with E-state index in [1.54, 1.807) is 11.6 Å². The van der Waals surface area contributed by atoms with E-state index in [9.17, 15) is 22.8 Å². The van der Waals surface area contributed by atoms with E-state index in [0.29, 0.717) is 17.1 Å². The maximum Gasteiger partial charge on any atom is 0.446 e. The van der Waals surface area contributed by atoms with Crippen molar-refractivity contribution in [1.82, 2.24) is 9.78 Å². The Bertz CT molecular complexity index is 1120. The number of rotatable bonds is 6. The van der Waals surface area contributed by atoms with Gasteiger partial charge in [-0.1, -0.05) is 17.7 Å². The lowest BCUT2D eigenvalue weighted by Crippen LogP contribution is -2.21. The average molecular weight is 463 g/mol. The van der Waals surface area contributed by atoms with Crippen molar-refractivity contribution in [2.24, 2.45) is 0 Å².